The monoisotopic (exact) mass is 420 g/mol. The van der Waals surface area contributed by atoms with Gasteiger partial charge in [0.2, 0.25) is 11.8 Å². The Bertz CT molecular complexity index is 875. The molecule has 1 saturated carbocycles. The predicted octanol–water partition coefficient (Wildman–Crippen LogP) is 4.50. The van der Waals surface area contributed by atoms with Crippen LogP contribution < -0.4 is 20.1 Å². The van der Waals surface area contributed by atoms with Crippen molar-refractivity contribution in [3.63, 3.8) is 0 Å². The number of carbonyl (C=O) groups is 2. The summed E-state index contributed by atoms with van der Waals surface area (Å²) in [7, 11) is 0. The molecule has 162 valence electrons. The van der Waals surface area contributed by atoms with Gasteiger partial charge in [0, 0.05) is 11.4 Å². The number of fused-ring (bicyclic) bond motifs is 2. The van der Waals surface area contributed by atoms with Crippen LogP contribution in [0.5, 0.6) is 11.5 Å². The fourth-order valence-corrected chi connectivity index (χ4v) is 4.59. The summed E-state index contributed by atoms with van der Waals surface area (Å²) >= 11 is 0. The van der Waals surface area contributed by atoms with Crippen LogP contribution in [0, 0.1) is 23.7 Å². The first-order chi connectivity index (χ1) is 15.1. The van der Waals surface area contributed by atoms with Gasteiger partial charge < -0.3 is 20.1 Å². The SMILES string of the molecule is CCOc1ccc(NC(=O)[C@@H]2[C@@H](C(=O)Nc3ccc(OCC)cc3)[C@@H]3C=C[C@@H]2C3)cc1. The molecular formula is C25H28N2O4. The summed E-state index contributed by atoms with van der Waals surface area (Å²) in [5, 5.41) is 5.97. The lowest BCUT2D eigenvalue weighted by Gasteiger charge is -2.26. The number of carbonyl (C=O) groups excluding carboxylic acids is 2. The van der Waals surface area contributed by atoms with Crippen molar-refractivity contribution in [2.24, 2.45) is 23.7 Å². The number of amides is 2. The van der Waals surface area contributed by atoms with Crippen molar-refractivity contribution < 1.29 is 19.1 Å². The molecule has 0 unspecified atom stereocenters. The number of rotatable bonds is 8. The molecule has 0 saturated heterocycles. The quantitative estimate of drug-likeness (QED) is 0.617. The second-order valence-corrected chi connectivity index (χ2v) is 7.89. The third kappa shape index (κ3) is 4.58. The van der Waals surface area contributed by atoms with Gasteiger partial charge in [-0.3, -0.25) is 9.59 Å². The molecular weight excluding hydrogens is 392 g/mol. The molecule has 4 atom stereocenters. The molecule has 2 bridgehead atoms. The molecule has 0 radical (unpaired) electrons. The van der Waals surface area contributed by atoms with Crippen molar-refractivity contribution in [2.45, 2.75) is 20.3 Å². The fourth-order valence-electron chi connectivity index (χ4n) is 4.59. The lowest BCUT2D eigenvalue weighted by atomic mass is 9.81. The van der Waals surface area contributed by atoms with E-state index in [0.29, 0.717) is 24.6 Å². The number of ether oxygens (including phenoxy) is 2. The minimum Gasteiger partial charge on any atom is -0.494 e. The summed E-state index contributed by atoms with van der Waals surface area (Å²) < 4.78 is 10.9. The van der Waals surface area contributed by atoms with E-state index in [-0.39, 0.29) is 35.5 Å². The van der Waals surface area contributed by atoms with E-state index < -0.39 is 0 Å². The van der Waals surface area contributed by atoms with E-state index in [1.807, 2.05) is 62.4 Å². The number of allylic oxidation sites excluding steroid dienone is 2. The molecule has 0 aliphatic heterocycles. The van der Waals surface area contributed by atoms with Gasteiger partial charge in [-0.1, -0.05) is 12.2 Å². The van der Waals surface area contributed by atoms with E-state index >= 15 is 0 Å². The van der Waals surface area contributed by atoms with Crippen molar-refractivity contribution in [3.8, 4) is 11.5 Å². The van der Waals surface area contributed by atoms with E-state index in [2.05, 4.69) is 22.8 Å². The smallest absolute Gasteiger partial charge is 0.228 e. The maximum atomic E-state index is 13.1. The van der Waals surface area contributed by atoms with Gasteiger partial charge in [0.1, 0.15) is 11.5 Å². The first-order valence-electron chi connectivity index (χ1n) is 10.8. The predicted molar refractivity (Wildman–Crippen MR) is 120 cm³/mol. The molecule has 6 nitrogen and oxygen atoms in total. The zero-order valence-electron chi connectivity index (χ0n) is 17.8. The molecule has 0 aromatic heterocycles. The largest absolute Gasteiger partial charge is 0.494 e. The van der Waals surface area contributed by atoms with E-state index in [9.17, 15) is 9.59 Å². The van der Waals surface area contributed by atoms with Crippen molar-refractivity contribution in [3.05, 3.63) is 60.7 Å². The zero-order chi connectivity index (χ0) is 21.8. The van der Waals surface area contributed by atoms with E-state index in [4.69, 9.17) is 9.47 Å². The summed E-state index contributed by atoms with van der Waals surface area (Å²) in [6.07, 6.45) is 4.99. The number of hydrogen-bond donors (Lipinski definition) is 2. The van der Waals surface area contributed by atoms with Gasteiger partial charge in [0.15, 0.2) is 0 Å². The summed E-state index contributed by atoms with van der Waals surface area (Å²) in [4.78, 5) is 26.3. The molecule has 2 aliphatic rings. The molecule has 2 N–H and O–H groups in total. The topological polar surface area (TPSA) is 76.7 Å². The summed E-state index contributed by atoms with van der Waals surface area (Å²) in [6, 6.07) is 14.6. The molecule has 6 heteroatoms. The minimum atomic E-state index is -0.385. The maximum Gasteiger partial charge on any atom is 0.228 e. The number of nitrogens with one attached hydrogen (secondary N) is 2. The Morgan fingerprint density at radius 3 is 1.48 bits per heavy atom. The lowest BCUT2D eigenvalue weighted by Crippen LogP contribution is -2.39. The average molecular weight is 421 g/mol. The third-order valence-corrected chi connectivity index (χ3v) is 5.93. The van der Waals surface area contributed by atoms with Crippen LogP contribution in [0.2, 0.25) is 0 Å². The van der Waals surface area contributed by atoms with Crippen LogP contribution in [0.15, 0.2) is 60.7 Å². The van der Waals surface area contributed by atoms with Gasteiger partial charge in [-0.2, -0.15) is 0 Å². The fraction of sp³-hybridized carbons (Fsp3) is 0.360. The highest BCUT2D eigenvalue weighted by molar-refractivity contribution is 6.01. The molecule has 2 amide bonds. The van der Waals surface area contributed by atoms with Gasteiger partial charge in [0.05, 0.1) is 25.0 Å². The standard InChI is InChI=1S/C25H28N2O4/c1-3-30-20-11-7-18(8-12-20)26-24(28)22-16-5-6-17(15-16)23(22)25(29)27-19-9-13-21(14-10-19)31-4-2/h5-14,16-17,22-23H,3-4,15H2,1-2H3,(H,26,28)(H,27,29)/t16-,17-,22+,23+/m1/s1. The number of hydrogen-bond acceptors (Lipinski definition) is 4. The Kier molecular flexibility index (Phi) is 6.26. The van der Waals surface area contributed by atoms with Crippen LogP contribution >= 0.6 is 0 Å². The molecule has 2 aromatic rings. The molecule has 2 aromatic carbocycles. The molecule has 1 fully saturated rings. The van der Waals surface area contributed by atoms with Gasteiger partial charge in [-0.25, -0.2) is 0 Å². The molecule has 2 aliphatic carbocycles. The van der Waals surface area contributed by atoms with Crippen LogP contribution in [-0.4, -0.2) is 25.0 Å². The van der Waals surface area contributed by atoms with Gasteiger partial charge in [-0.05, 0) is 80.6 Å². The Labute approximate surface area is 182 Å². The van der Waals surface area contributed by atoms with Crippen molar-refractivity contribution in [2.75, 3.05) is 23.8 Å². The van der Waals surface area contributed by atoms with Crippen molar-refractivity contribution in [1.29, 1.82) is 0 Å². The molecule has 0 heterocycles. The Morgan fingerprint density at radius 1 is 0.742 bits per heavy atom. The summed E-state index contributed by atoms with van der Waals surface area (Å²) in [5.74, 6) is 0.689. The van der Waals surface area contributed by atoms with E-state index in [0.717, 1.165) is 17.9 Å². The highest BCUT2D eigenvalue weighted by atomic mass is 16.5. The molecule has 31 heavy (non-hydrogen) atoms. The number of benzene rings is 2. The number of anilines is 2. The van der Waals surface area contributed by atoms with Crippen LogP contribution in [-0.2, 0) is 9.59 Å². The maximum absolute atomic E-state index is 13.1. The minimum absolute atomic E-state index is 0.0868. The van der Waals surface area contributed by atoms with Gasteiger partial charge in [0.25, 0.3) is 0 Å². The Balaban J connectivity index is 1.44. The second kappa shape index (κ2) is 9.25. The first-order valence-corrected chi connectivity index (χ1v) is 10.8. The van der Waals surface area contributed by atoms with E-state index in [1.165, 1.54) is 0 Å². The van der Waals surface area contributed by atoms with Crippen LogP contribution in [0.25, 0.3) is 0 Å². The van der Waals surface area contributed by atoms with Crippen LogP contribution in [0.3, 0.4) is 0 Å². The zero-order valence-corrected chi connectivity index (χ0v) is 17.8. The third-order valence-electron chi connectivity index (χ3n) is 5.93. The Hall–Kier alpha value is -3.28. The lowest BCUT2D eigenvalue weighted by molar-refractivity contribution is -0.129. The average Bonchev–Trinajstić information content (AvgIpc) is 3.39. The highest BCUT2D eigenvalue weighted by Gasteiger charge is 2.51. The summed E-state index contributed by atoms with van der Waals surface area (Å²) in [6.45, 7) is 5.04. The van der Waals surface area contributed by atoms with Gasteiger partial charge >= 0.3 is 0 Å². The normalized spacial score (nSPS) is 23.4. The first kappa shape index (κ1) is 21.0. The van der Waals surface area contributed by atoms with Crippen LogP contribution in [0.1, 0.15) is 20.3 Å². The Morgan fingerprint density at radius 2 is 1.13 bits per heavy atom. The molecule has 4 rings (SSSR count). The summed E-state index contributed by atoms with van der Waals surface area (Å²) in [5.41, 5.74) is 1.40. The highest BCUT2D eigenvalue weighted by Crippen LogP contribution is 2.48. The molecule has 0 spiro atoms. The van der Waals surface area contributed by atoms with Crippen LogP contribution in [0.4, 0.5) is 11.4 Å². The van der Waals surface area contributed by atoms with Gasteiger partial charge in [-0.15, -0.1) is 0 Å². The second-order valence-electron chi connectivity index (χ2n) is 7.89. The van der Waals surface area contributed by atoms with Crippen molar-refractivity contribution >= 4 is 23.2 Å². The van der Waals surface area contributed by atoms with E-state index in [1.54, 1.807) is 0 Å². The van der Waals surface area contributed by atoms with Crippen molar-refractivity contribution in [1.82, 2.24) is 0 Å².